The Morgan fingerprint density at radius 3 is 2.55 bits per heavy atom. The number of hydrogen-bond acceptors (Lipinski definition) is 2. The molecule has 2 heteroatoms. The second-order valence-electron chi connectivity index (χ2n) is 5.95. The first-order valence-electron chi connectivity index (χ1n) is 8.24. The van der Waals surface area contributed by atoms with Crippen LogP contribution >= 0.6 is 0 Å². The van der Waals surface area contributed by atoms with Crippen LogP contribution in [-0.2, 0) is 6.42 Å². The molecule has 20 heavy (non-hydrogen) atoms. The number of aliphatic hydroxyl groups excluding tert-OH is 1. The SMILES string of the molecule is CCCCCCCCCC(O)C1Cc2ccccc2O1. The molecule has 2 atom stereocenters. The number of aliphatic hydroxyl groups is 1. The van der Waals surface area contributed by atoms with Gasteiger partial charge < -0.3 is 9.84 Å². The Balaban J connectivity index is 1.59. The van der Waals surface area contributed by atoms with Gasteiger partial charge in [0.1, 0.15) is 11.9 Å². The zero-order valence-corrected chi connectivity index (χ0v) is 12.7. The van der Waals surface area contributed by atoms with Gasteiger partial charge in [-0.2, -0.15) is 0 Å². The Kier molecular flexibility index (Phi) is 6.38. The lowest BCUT2D eigenvalue weighted by Gasteiger charge is -2.17. The van der Waals surface area contributed by atoms with Crippen LogP contribution in [0, 0.1) is 0 Å². The number of hydrogen-bond donors (Lipinski definition) is 1. The number of benzene rings is 1. The second kappa shape index (κ2) is 8.31. The first-order valence-corrected chi connectivity index (χ1v) is 8.24. The molecule has 0 saturated carbocycles. The first-order chi connectivity index (χ1) is 9.81. The summed E-state index contributed by atoms with van der Waals surface area (Å²) in [5.41, 5.74) is 1.23. The molecule has 1 aromatic rings. The number of para-hydroxylation sites is 1. The van der Waals surface area contributed by atoms with Crippen molar-refractivity contribution in [1.29, 1.82) is 0 Å². The summed E-state index contributed by atoms with van der Waals surface area (Å²) in [7, 11) is 0. The summed E-state index contributed by atoms with van der Waals surface area (Å²) < 4.78 is 5.83. The monoisotopic (exact) mass is 276 g/mol. The summed E-state index contributed by atoms with van der Waals surface area (Å²) in [6.07, 6.45) is 10.4. The molecule has 2 rings (SSSR count). The van der Waals surface area contributed by atoms with Crippen molar-refractivity contribution >= 4 is 0 Å². The topological polar surface area (TPSA) is 29.5 Å². The van der Waals surface area contributed by atoms with E-state index < -0.39 is 0 Å². The highest BCUT2D eigenvalue weighted by Gasteiger charge is 2.28. The van der Waals surface area contributed by atoms with E-state index in [2.05, 4.69) is 13.0 Å². The van der Waals surface area contributed by atoms with Crippen molar-refractivity contribution in [1.82, 2.24) is 0 Å². The van der Waals surface area contributed by atoms with E-state index in [0.717, 1.165) is 25.0 Å². The standard InChI is InChI=1S/C18H28O2/c1-2-3-4-5-6-7-8-12-16(19)18-14-15-11-9-10-13-17(15)20-18/h9-11,13,16,18-19H,2-8,12,14H2,1H3. The molecular weight excluding hydrogens is 248 g/mol. The largest absolute Gasteiger partial charge is 0.487 e. The minimum absolute atomic E-state index is 0.0347. The highest BCUT2D eigenvalue weighted by atomic mass is 16.5. The van der Waals surface area contributed by atoms with E-state index in [9.17, 15) is 5.11 Å². The lowest BCUT2D eigenvalue weighted by Crippen LogP contribution is -2.30. The summed E-state index contributed by atoms with van der Waals surface area (Å²) >= 11 is 0. The maximum atomic E-state index is 10.2. The van der Waals surface area contributed by atoms with Crippen LogP contribution in [0.25, 0.3) is 0 Å². The van der Waals surface area contributed by atoms with Gasteiger partial charge in [-0.1, -0.05) is 70.1 Å². The maximum absolute atomic E-state index is 10.2. The third-order valence-electron chi connectivity index (χ3n) is 4.20. The highest BCUT2D eigenvalue weighted by molar-refractivity contribution is 5.37. The molecule has 1 aromatic carbocycles. The van der Waals surface area contributed by atoms with Crippen molar-refractivity contribution in [2.24, 2.45) is 0 Å². The molecule has 2 unspecified atom stereocenters. The lowest BCUT2D eigenvalue weighted by molar-refractivity contribution is 0.0422. The van der Waals surface area contributed by atoms with Gasteiger partial charge in [0.25, 0.3) is 0 Å². The molecule has 0 saturated heterocycles. The number of ether oxygens (including phenoxy) is 1. The lowest BCUT2D eigenvalue weighted by atomic mass is 10.0. The third kappa shape index (κ3) is 4.52. The van der Waals surface area contributed by atoms with Crippen LogP contribution in [0.15, 0.2) is 24.3 Å². The zero-order valence-electron chi connectivity index (χ0n) is 12.7. The fraction of sp³-hybridized carbons (Fsp3) is 0.667. The van der Waals surface area contributed by atoms with Crippen molar-refractivity contribution < 1.29 is 9.84 Å². The average molecular weight is 276 g/mol. The van der Waals surface area contributed by atoms with Crippen LogP contribution < -0.4 is 4.74 Å². The van der Waals surface area contributed by atoms with Crippen LogP contribution in [-0.4, -0.2) is 17.3 Å². The molecule has 0 spiro atoms. The molecular formula is C18H28O2. The van der Waals surface area contributed by atoms with Gasteiger partial charge in [-0.15, -0.1) is 0 Å². The van der Waals surface area contributed by atoms with Crippen LogP contribution in [0.5, 0.6) is 5.75 Å². The quantitative estimate of drug-likeness (QED) is 0.673. The van der Waals surface area contributed by atoms with E-state index in [-0.39, 0.29) is 12.2 Å². The van der Waals surface area contributed by atoms with E-state index in [0.29, 0.717) is 0 Å². The summed E-state index contributed by atoms with van der Waals surface area (Å²) in [6, 6.07) is 8.11. The number of fused-ring (bicyclic) bond motifs is 1. The first kappa shape index (κ1) is 15.4. The molecule has 112 valence electrons. The molecule has 2 nitrogen and oxygen atoms in total. The van der Waals surface area contributed by atoms with Gasteiger partial charge in [0.2, 0.25) is 0 Å². The van der Waals surface area contributed by atoms with E-state index in [1.54, 1.807) is 0 Å². The Morgan fingerprint density at radius 1 is 1.10 bits per heavy atom. The van der Waals surface area contributed by atoms with Crippen LogP contribution in [0.1, 0.15) is 63.9 Å². The van der Waals surface area contributed by atoms with E-state index >= 15 is 0 Å². The van der Waals surface area contributed by atoms with Gasteiger partial charge in [-0.25, -0.2) is 0 Å². The molecule has 0 fully saturated rings. The predicted molar refractivity (Wildman–Crippen MR) is 83.2 cm³/mol. The third-order valence-corrected chi connectivity index (χ3v) is 4.20. The number of unbranched alkanes of at least 4 members (excludes halogenated alkanes) is 6. The van der Waals surface area contributed by atoms with Crippen LogP contribution in [0.3, 0.4) is 0 Å². The van der Waals surface area contributed by atoms with Gasteiger partial charge in [-0.3, -0.25) is 0 Å². The van der Waals surface area contributed by atoms with Crippen LogP contribution in [0.4, 0.5) is 0 Å². The fourth-order valence-electron chi connectivity index (χ4n) is 2.92. The summed E-state index contributed by atoms with van der Waals surface area (Å²) in [5.74, 6) is 0.955. The van der Waals surface area contributed by atoms with Crippen molar-refractivity contribution in [3.63, 3.8) is 0 Å². The van der Waals surface area contributed by atoms with E-state index in [1.165, 1.54) is 44.1 Å². The molecule has 0 aliphatic carbocycles. The smallest absolute Gasteiger partial charge is 0.129 e. The van der Waals surface area contributed by atoms with Gasteiger partial charge in [-0.05, 0) is 18.1 Å². The van der Waals surface area contributed by atoms with E-state index in [4.69, 9.17) is 4.74 Å². The second-order valence-corrected chi connectivity index (χ2v) is 5.95. The van der Waals surface area contributed by atoms with Crippen molar-refractivity contribution in [2.45, 2.75) is 76.9 Å². The summed E-state index contributed by atoms with van der Waals surface area (Å²) in [5, 5.41) is 10.2. The van der Waals surface area contributed by atoms with Gasteiger partial charge in [0.15, 0.2) is 0 Å². The van der Waals surface area contributed by atoms with Crippen LogP contribution in [0.2, 0.25) is 0 Å². The van der Waals surface area contributed by atoms with Crippen molar-refractivity contribution in [2.75, 3.05) is 0 Å². The van der Waals surface area contributed by atoms with Gasteiger partial charge in [0.05, 0.1) is 6.10 Å². The molecule has 0 amide bonds. The zero-order chi connectivity index (χ0) is 14.2. The van der Waals surface area contributed by atoms with Gasteiger partial charge in [0, 0.05) is 6.42 Å². The Bertz CT molecular complexity index is 364. The number of rotatable bonds is 9. The molecule has 1 aliphatic rings. The summed E-state index contributed by atoms with van der Waals surface area (Å²) in [4.78, 5) is 0. The molecule has 0 aromatic heterocycles. The Morgan fingerprint density at radius 2 is 1.80 bits per heavy atom. The molecule has 1 heterocycles. The van der Waals surface area contributed by atoms with Gasteiger partial charge >= 0.3 is 0 Å². The average Bonchev–Trinajstić information content (AvgIpc) is 2.90. The minimum atomic E-state index is -0.321. The Hall–Kier alpha value is -1.02. The minimum Gasteiger partial charge on any atom is -0.487 e. The van der Waals surface area contributed by atoms with Crippen molar-refractivity contribution in [3.8, 4) is 5.75 Å². The van der Waals surface area contributed by atoms with E-state index in [1.807, 2.05) is 18.2 Å². The summed E-state index contributed by atoms with van der Waals surface area (Å²) in [6.45, 7) is 2.25. The normalized spacial score (nSPS) is 18.6. The maximum Gasteiger partial charge on any atom is 0.129 e. The molecule has 0 radical (unpaired) electrons. The molecule has 1 aliphatic heterocycles. The molecule has 0 bridgehead atoms. The van der Waals surface area contributed by atoms with Crippen molar-refractivity contribution in [3.05, 3.63) is 29.8 Å². The highest BCUT2D eigenvalue weighted by Crippen LogP contribution is 2.30. The predicted octanol–water partition coefficient (Wildman–Crippen LogP) is 4.49. The Labute approximate surface area is 123 Å². The molecule has 1 N–H and O–H groups in total. The fourth-order valence-corrected chi connectivity index (χ4v) is 2.92.